The van der Waals surface area contributed by atoms with Crippen LogP contribution in [0.4, 0.5) is 19.0 Å². The lowest BCUT2D eigenvalue weighted by atomic mass is 10.1. The number of ether oxygens (including phenoxy) is 1. The van der Waals surface area contributed by atoms with Crippen molar-refractivity contribution in [2.45, 2.75) is 20.0 Å². The number of benzene rings is 1. The van der Waals surface area contributed by atoms with Gasteiger partial charge in [-0.05, 0) is 37.1 Å². The van der Waals surface area contributed by atoms with Crippen LogP contribution in [0.15, 0.2) is 18.2 Å². The van der Waals surface area contributed by atoms with E-state index in [4.69, 9.17) is 22.1 Å². The lowest BCUT2D eigenvalue weighted by Crippen LogP contribution is -2.12. The zero-order chi connectivity index (χ0) is 15.8. The van der Waals surface area contributed by atoms with Gasteiger partial charge >= 0.3 is 6.18 Å². The van der Waals surface area contributed by atoms with Gasteiger partial charge in [-0.25, -0.2) is 4.98 Å². The van der Waals surface area contributed by atoms with E-state index in [0.717, 1.165) is 17.2 Å². The third-order valence-electron chi connectivity index (χ3n) is 2.61. The van der Waals surface area contributed by atoms with Gasteiger partial charge < -0.3 is 10.5 Å². The molecule has 0 saturated carbocycles. The van der Waals surface area contributed by atoms with E-state index < -0.39 is 12.0 Å². The molecule has 0 bridgehead atoms. The Hall–Kier alpha value is -2.02. The Balaban J connectivity index is 2.38. The van der Waals surface area contributed by atoms with Crippen molar-refractivity contribution in [1.29, 1.82) is 0 Å². The monoisotopic (exact) mass is 317 g/mol. The fourth-order valence-corrected chi connectivity index (χ4v) is 1.82. The highest BCUT2D eigenvalue weighted by Crippen LogP contribution is 2.31. The van der Waals surface area contributed by atoms with Crippen molar-refractivity contribution in [2.24, 2.45) is 0 Å². The van der Waals surface area contributed by atoms with Crippen LogP contribution in [0.1, 0.15) is 17.0 Å². The molecule has 21 heavy (non-hydrogen) atoms. The number of aromatic nitrogens is 2. The minimum absolute atomic E-state index is 0.282. The van der Waals surface area contributed by atoms with Crippen molar-refractivity contribution in [3.05, 3.63) is 40.2 Å². The van der Waals surface area contributed by atoms with Gasteiger partial charge in [0.25, 0.3) is 0 Å². The van der Waals surface area contributed by atoms with Crippen LogP contribution in [0.5, 0.6) is 11.6 Å². The van der Waals surface area contributed by atoms with Crippen LogP contribution in [-0.2, 0) is 6.18 Å². The van der Waals surface area contributed by atoms with Gasteiger partial charge in [0.2, 0.25) is 11.7 Å². The van der Waals surface area contributed by atoms with E-state index in [2.05, 4.69) is 9.97 Å². The summed E-state index contributed by atoms with van der Waals surface area (Å²) in [5.41, 5.74) is 6.82. The Morgan fingerprint density at radius 1 is 1.10 bits per heavy atom. The Labute approximate surface area is 123 Å². The number of aryl methyl sites for hydroxylation is 2. The number of nitrogens with two attached hydrogens (primary N) is 1. The first-order chi connectivity index (χ1) is 9.66. The topological polar surface area (TPSA) is 61.0 Å². The van der Waals surface area contributed by atoms with E-state index in [-0.39, 0.29) is 11.7 Å². The maximum Gasteiger partial charge on any atom is 0.451 e. The zero-order valence-corrected chi connectivity index (χ0v) is 11.9. The molecule has 112 valence electrons. The van der Waals surface area contributed by atoms with Gasteiger partial charge in [-0.15, -0.1) is 0 Å². The number of halogens is 4. The van der Waals surface area contributed by atoms with Gasteiger partial charge in [-0.1, -0.05) is 11.6 Å². The normalized spacial score (nSPS) is 11.5. The Morgan fingerprint density at radius 2 is 1.67 bits per heavy atom. The van der Waals surface area contributed by atoms with Gasteiger partial charge in [-0.3, -0.25) is 0 Å². The summed E-state index contributed by atoms with van der Waals surface area (Å²) in [4.78, 5) is 6.45. The molecule has 0 spiro atoms. The molecule has 0 unspecified atom stereocenters. The van der Waals surface area contributed by atoms with Gasteiger partial charge in [0.15, 0.2) is 0 Å². The molecule has 2 rings (SSSR count). The van der Waals surface area contributed by atoms with Crippen molar-refractivity contribution in [3.63, 3.8) is 0 Å². The van der Waals surface area contributed by atoms with E-state index in [1.54, 1.807) is 26.0 Å². The van der Waals surface area contributed by atoms with E-state index in [1.165, 1.54) is 0 Å². The average molecular weight is 318 g/mol. The number of nitrogens with zero attached hydrogens (tertiary/aromatic N) is 2. The predicted molar refractivity (Wildman–Crippen MR) is 72.4 cm³/mol. The molecule has 8 heteroatoms. The first kappa shape index (κ1) is 15.4. The second-order valence-electron chi connectivity index (χ2n) is 4.43. The molecule has 0 amide bonds. The van der Waals surface area contributed by atoms with Crippen molar-refractivity contribution < 1.29 is 17.9 Å². The molecular formula is C13H11ClF3N3O. The molecule has 4 nitrogen and oxygen atoms in total. The van der Waals surface area contributed by atoms with Crippen LogP contribution in [0.25, 0.3) is 0 Å². The molecular weight excluding hydrogens is 307 g/mol. The van der Waals surface area contributed by atoms with E-state index in [9.17, 15) is 13.2 Å². The summed E-state index contributed by atoms with van der Waals surface area (Å²) < 4.78 is 43.2. The maximum absolute atomic E-state index is 12.6. The zero-order valence-electron chi connectivity index (χ0n) is 11.1. The maximum atomic E-state index is 12.6. The minimum atomic E-state index is -4.70. The van der Waals surface area contributed by atoms with Crippen molar-refractivity contribution >= 4 is 17.4 Å². The van der Waals surface area contributed by atoms with Gasteiger partial charge in [0.05, 0.1) is 0 Å². The highest BCUT2D eigenvalue weighted by atomic mass is 35.5. The van der Waals surface area contributed by atoms with Crippen LogP contribution >= 0.6 is 11.6 Å². The predicted octanol–water partition coefficient (Wildman–Crippen LogP) is 4.14. The molecule has 2 N–H and O–H groups in total. The Morgan fingerprint density at radius 3 is 2.19 bits per heavy atom. The lowest BCUT2D eigenvalue weighted by molar-refractivity contribution is -0.145. The highest BCUT2D eigenvalue weighted by molar-refractivity contribution is 6.32. The van der Waals surface area contributed by atoms with Crippen molar-refractivity contribution in [2.75, 3.05) is 5.73 Å². The molecule has 0 radical (unpaired) electrons. The van der Waals surface area contributed by atoms with Crippen LogP contribution in [0, 0.1) is 13.8 Å². The second kappa shape index (κ2) is 5.40. The number of anilines is 1. The molecule has 0 fully saturated rings. The summed E-state index contributed by atoms with van der Waals surface area (Å²) >= 11 is 6.01. The number of nitrogen functional groups attached to an aromatic ring is 1. The van der Waals surface area contributed by atoms with Gasteiger partial charge in [-0.2, -0.15) is 18.2 Å². The van der Waals surface area contributed by atoms with Crippen molar-refractivity contribution in [3.8, 4) is 11.6 Å². The third kappa shape index (κ3) is 3.55. The smallest absolute Gasteiger partial charge is 0.439 e. The molecule has 0 atom stereocenters. The molecule has 0 saturated heterocycles. The van der Waals surface area contributed by atoms with Crippen LogP contribution in [-0.4, -0.2) is 9.97 Å². The molecule has 1 aromatic carbocycles. The first-order valence-electron chi connectivity index (χ1n) is 5.83. The molecule has 1 heterocycles. The molecule has 0 aliphatic rings. The molecule has 2 aromatic rings. The number of rotatable bonds is 2. The fourth-order valence-electron chi connectivity index (χ4n) is 1.71. The van der Waals surface area contributed by atoms with Gasteiger partial charge in [0.1, 0.15) is 11.6 Å². The third-order valence-corrected chi connectivity index (χ3v) is 3.20. The number of hydrogen-bond donors (Lipinski definition) is 1. The summed E-state index contributed by atoms with van der Waals surface area (Å²) in [5, 5.41) is 0.570. The van der Waals surface area contributed by atoms with Gasteiger partial charge in [0, 0.05) is 11.1 Å². The molecule has 0 aliphatic heterocycles. The fraction of sp³-hybridized carbons (Fsp3) is 0.231. The van der Waals surface area contributed by atoms with Crippen LogP contribution < -0.4 is 10.5 Å². The minimum Gasteiger partial charge on any atom is -0.439 e. The van der Waals surface area contributed by atoms with Crippen molar-refractivity contribution in [1.82, 2.24) is 9.97 Å². The molecule has 0 aliphatic carbocycles. The Bertz CT molecular complexity index is 666. The number of alkyl halides is 3. The number of hydrogen-bond acceptors (Lipinski definition) is 4. The molecule has 1 aromatic heterocycles. The van der Waals surface area contributed by atoms with Crippen LogP contribution in [0.3, 0.4) is 0 Å². The quantitative estimate of drug-likeness (QED) is 0.904. The Kier molecular flexibility index (Phi) is 3.95. The summed E-state index contributed by atoms with van der Waals surface area (Å²) in [7, 11) is 0. The van der Waals surface area contributed by atoms with E-state index >= 15 is 0 Å². The summed E-state index contributed by atoms with van der Waals surface area (Å²) in [6.07, 6.45) is -4.70. The standard InChI is InChI=1S/C13H11ClF3N3O/c1-6-3-8(4-7(2)11(6)14)21-10-5-9(18)19-12(20-10)13(15,16)17/h3-5H,1-2H3,(H2,18,19,20). The average Bonchev–Trinajstić information content (AvgIpc) is 2.34. The highest BCUT2D eigenvalue weighted by Gasteiger charge is 2.35. The summed E-state index contributed by atoms with van der Waals surface area (Å²) in [6, 6.07) is 4.32. The van der Waals surface area contributed by atoms with E-state index in [1.807, 2.05) is 0 Å². The first-order valence-corrected chi connectivity index (χ1v) is 6.21. The second-order valence-corrected chi connectivity index (χ2v) is 4.80. The summed E-state index contributed by atoms with van der Waals surface area (Å²) in [5.74, 6) is -1.63. The lowest BCUT2D eigenvalue weighted by Gasteiger charge is -2.11. The summed E-state index contributed by atoms with van der Waals surface area (Å²) in [6.45, 7) is 3.52. The van der Waals surface area contributed by atoms with Crippen LogP contribution in [0.2, 0.25) is 5.02 Å². The largest absolute Gasteiger partial charge is 0.451 e. The SMILES string of the molecule is Cc1cc(Oc2cc(N)nc(C(F)(F)F)n2)cc(C)c1Cl. The van der Waals surface area contributed by atoms with E-state index in [0.29, 0.717) is 10.8 Å².